The minimum absolute atomic E-state index is 0.578. The summed E-state index contributed by atoms with van der Waals surface area (Å²) in [4.78, 5) is 19.9. The highest BCUT2D eigenvalue weighted by Crippen LogP contribution is 2.60. The Labute approximate surface area is 339 Å². The Morgan fingerprint density at radius 1 is 0.379 bits per heavy atom. The van der Waals surface area contributed by atoms with Crippen molar-refractivity contribution in [1.29, 1.82) is 0 Å². The average Bonchev–Trinajstić information content (AvgIpc) is 3.75. The molecule has 4 nitrogen and oxygen atoms in total. The molecule has 58 heavy (non-hydrogen) atoms. The Morgan fingerprint density at radius 3 is 1.84 bits per heavy atom. The number of nitrogens with zero attached hydrogens (tertiary/aromatic N) is 4. The van der Waals surface area contributed by atoms with Gasteiger partial charge in [-0.3, -0.25) is 0 Å². The maximum absolute atomic E-state index is 5.28. The highest BCUT2D eigenvalue weighted by atomic mass is 32.1. The van der Waals surface area contributed by atoms with E-state index < -0.39 is 5.41 Å². The van der Waals surface area contributed by atoms with Crippen LogP contribution >= 0.6 is 11.3 Å². The summed E-state index contributed by atoms with van der Waals surface area (Å²) in [6, 6.07) is 61.0. The molecule has 270 valence electrons. The Hall–Kier alpha value is -7.34. The average molecular weight is 757 g/mol. The molecule has 5 heteroatoms. The molecule has 2 aliphatic rings. The van der Waals surface area contributed by atoms with Gasteiger partial charge in [0.25, 0.3) is 0 Å². The summed E-state index contributed by atoms with van der Waals surface area (Å²) >= 11 is 1.88. The van der Waals surface area contributed by atoms with Crippen LogP contribution in [0.5, 0.6) is 0 Å². The molecular weight excluding hydrogens is 725 g/mol. The van der Waals surface area contributed by atoms with Crippen LogP contribution in [0.1, 0.15) is 33.4 Å². The minimum Gasteiger partial charge on any atom is -0.236 e. The van der Waals surface area contributed by atoms with Crippen molar-refractivity contribution < 1.29 is 0 Å². The van der Waals surface area contributed by atoms with Crippen molar-refractivity contribution in [3.05, 3.63) is 216 Å². The molecule has 0 saturated heterocycles. The molecule has 1 spiro atoms. The van der Waals surface area contributed by atoms with Crippen LogP contribution in [-0.2, 0) is 5.41 Å². The van der Waals surface area contributed by atoms with Gasteiger partial charge in [0, 0.05) is 49.3 Å². The van der Waals surface area contributed by atoms with Gasteiger partial charge in [0.2, 0.25) is 0 Å². The quantitative estimate of drug-likeness (QED) is 0.179. The second-order valence-electron chi connectivity index (χ2n) is 15.0. The van der Waals surface area contributed by atoms with Gasteiger partial charge in [-0.05, 0) is 74.8 Å². The van der Waals surface area contributed by atoms with Crippen LogP contribution in [0.15, 0.2) is 182 Å². The minimum atomic E-state index is -0.582. The number of rotatable bonds is 4. The molecule has 3 heterocycles. The first-order valence-corrected chi connectivity index (χ1v) is 20.3. The van der Waals surface area contributed by atoms with Gasteiger partial charge in [-0.1, -0.05) is 152 Å². The van der Waals surface area contributed by atoms with Crippen molar-refractivity contribution in [2.24, 2.45) is 0 Å². The highest BCUT2D eigenvalue weighted by molar-refractivity contribution is 7.25. The highest BCUT2D eigenvalue weighted by Gasteiger charge is 2.49. The topological polar surface area (TPSA) is 51.6 Å². The van der Waals surface area contributed by atoms with Crippen LogP contribution in [0.4, 0.5) is 0 Å². The molecule has 0 saturated carbocycles. The van der Waals surface area contributed by atoms with Crippen molar-refractivity contribution in [3.63, 3.8) is 0 Å². The van der Waals surface area contributed by atoms with Crippen molar-refractivity contribution in [2.75, 3.05) is 0 Å². The van der Waals surface area contributed by atoms with Crippen LogP contribution in [0.2, 0.25) is 0 Å². The molecule has 0 radical (unpaired) electrons. The summed E-state index contributed by atoms with van der Waals surface area (Å²) in [7, 11) is 0. The second-order valence-corrected chi connectivity index (χ2v) is 16.1. The lowest BCUT2D eigenvalue weighted by molar-refractivity contribution is 0.768. The first-order valence-electron chi connectivity index (χ1n) is 19.5. The van der Waals surface area contributed by atoms with Gasteiger partial charge in [-0.15, -0.1) is 11.3 Å². The number of fused-ring (bicyclic) bond motifs is 12. The maximum atomic E-state index is 5.28. The van der Waals surface area contributed by atoms with E-state index in [-0.39, 0.29) is 0 Å². The number of benzene rings is 7. The van der Waals surface area contributed by atoms with E-state index >= 15 is 0 Å². The fourth-order valence-corrected chi connectivity index (χ4v) is 10.4. The van der Waals surface area contributed by atoms with Gasteiger partial charge >= 0.3 is 0 Å². The Morgan fingerprint density at radius 2 is 1.03 bits per heavy atom. The number of hydrogen-bond acceptors (Lipinski definition) is 5. The van der Waals surface area contributed by atoms with E-state index in [1.54, 1.807) is 0 Å². The standard InChI is InChI=1S/C53H32N4S/c1-3-14-35(15-4-1)47-30-48(57-52(56-47)38-31-54-51(55-32-38)36-16-5-2-6-17-36)37-26-25-34-24-23-33-13-7-10-20-43(33)53(45(34)27-37)44-21-11-8-18-39(44)41-28-42-40-19-9-12-22-49(40)58-50(42)29-46(41)53/h1-32H. The monoisotopic (exact) mass is 756 g/mol. The lowest BCUT2D eigenvalue weighted by atomic mass is 9.65. The molecule has 2 aliphatic carbocycles. The number of thiophene rings is 1. The number of aromatic nitrogens is 4. The molecule has 7 aromatic carbocycles. The second kappa shape index (κ2) is 12.8. The summed E-state index contributed by atoms with van der Waals surface area (Å²) in [5.74, 6) is 1.24. The molecular formula is C53H32N4S. The Balaban J connectivity index is 1.11. The number of hydrogen-bond donors (Lipinski definition) is 0. The van der Waals surface area contributed by atoms with E-state index in [9.17, 15) is 0 Å². The van der Waals surface area contributed by atoms with Crippen LogP contribution in [0.3, 0.4) is 0 Å². The van der Waals surface area contributed by atoms with Crippen LogP contribution in [0, 0.1) is 0 Å². The smallest absolute Gasteiger partial charge is 0.163 e. The van der Waals surface area contributed by atoms with Crippen LogP contribution in [0.25, 0.3) is 88.7 Å². The van der Waals surface area contributed by atoms with Crippen molar-refractivity contribution in [1.82, 2.24) is 19.9 Å². The molecule has 0 N–H and O–H groups in total. The van der Waals surface area contributed by atoms with Crippen molar-refractivity contribution >= 4 is 43.7 Å². The zero-order valence-corrected chi connectivity index (χ0v) is 32.0. The molecule has 1 unspecified atom stereocenters. The third kappa shape index (κ3) is 4.93. The predicted molar refractivity (Wildman–Crippen MR) is 238 cm³/mol. The molecule has 0 aliphatic heterocycles. The molecule has 0 fully saturated rings. The van der Waals surface area contributed by atoms with Gasteiger partial charge in [0.15, 0.2) is 11.6 Å². The lowest BCUT2D eigenvalue weighted by Gasteiger charge is -2.35. The third-order valence-electron chi connectivity index (χ3n) is 11.8. The molecule has 10 aromatic rings. The zero-order valence-electron chi connectivity index (χ0n) is 31.2. The normalized spacial score (nSPS) is 14.9. The van der Waals surface area contributed by atoms with E-state index in [1.165, 1.54) is 64.7 Å². The largest absolute Gasteiger partial charge is 0.236 e. The van der Waals surface area contributed by atoms with E-state index in [4.69, 9.17) is 19.9 Å². The molecule has 0 amide bonds. The van der Waals surface area contributed by atoms with Gasteiger partial charge in [0.05, 0.1) is 22.4 Å². The van der Waals surface area contributed by atoms with Crippen LogP contribution < -0.4 is 0 Å². The van der Waals surface area contributed by atoms with Crippen molar-refractivity contribution in [2.45, 2.75) is 5.41 Å². The Kier molecular flexibility index (Phi) is 7.28. The van der Waals surface area contributed by atoms with E-state index in [0.717, 1.165) is 33.6 Å². The van der Waals surface area contributed by atoms with Gasteiger partial charge in [0.1, 0.15) is 0 Å². The molecule has 1 atom stereocenters. The van der Waals surface area contributed by atoms with E-state index in [1.807, 2.05) is 72.3 Å². The molecule has 12 rings (SSSR count). The lowest BCUT2D eigenvalue weighted by Crippen LogP contribution is -2.30. The Bertz CT molecular complexity index is 3280. The summed E-state index contributed by atoms with van der Waals surface area (Å²) < 4.78 is 2.61. The molecule has 0 bridgehead atoms. The van der Waals surface area contributed by atoms with Crippen molar-refractivity contribution in [3.8, 4) is 56.4 Å². The van der Waals surface area contributed by atoms with Crippen LogP contribution in [-0.4, -0.2) is 19.9 Å². The van der Waals surface area contributed by atoms with E-state index in [0.29, 0.717) is 11.6 Å². The first-order chi connectivity index (χ1) is 28.7. The summed E-state index contributed by atoms with van der Waals surface area (Å²) in [5, 5.41) is 2.62. The fraction of sp³-hybridized carbons (Fsp3) is 0.0189. The van der Waals surface area contributed by atoms with E-state index in [2.05, 4.69) is 133 Å². The maximum Gasteiger partial charge on any atom is 0.163 e. The van der Waals surface area contributed by atoms with Gasteiger partial charge in [-0.2, -0.15) is 0 Å². The summed E-state index contributed by atoms with van der Waals surface area (Å²) in [6.07, 6.45) is 8.24. The summed E-state index contributed by atoms with van der Waals surface area (Å²) in [6.45, 7) is 0. The predicted octanol–water partition coefficient (Wildman–Crippen LogP) is 13.1. The molecule has 3 aromatic heterocycles. The van der Waals surface area contributed by atoms with Gasteiger partial charge in [-0.25, -0.2) is 19.9 Å². The zero-order chi connectivity index (χ0) is 38.2. The fourth-order valence-electron chi connectivity index (χ4n) is 9.23. The SMILES string of the molecule is C1=Cc2ccc(-c3cc(-c4ccccc4)nc(-c4cnc(-c5ccccc5)nc4)n3)cc2C2(c3ccccc31)c1ccccc1-c1cc3c(cc12)sc1ccccc13. The third-order valence-corrected chi connectivity index (χ3v) is 13.0. The van der Waals surface area contributed by atoms with Gasteiger partial charge < -0.3 is 0 Å². The summed E-state index contributed by atoms with van der Waals surface area (Å²) in [5.41, 5.74) is 14.9. The first kappa shape index (κ1) is 32.9.